The summed E-state index contributed by atoms with van der Waals surface area (Å²) < 4.78 is 12.0. The number of nitrogens with zero attached hydrogens (tertiary/aromatic N) is 1. The van der Waals surface area contributed by atoms with Crippen molar-refractivity contribution in [3.05, 3.63) is 36.8 Å². The lowest BCUT2D eigenvalue weighted by Gasteiger charge is -1.86. The van der Waals surface area contributed by atoms with E-state index >= 15 is 0 Å². The van der Waals surface area contributed by atoms with Gasteiger partial charge in [0.1, 0.15) is 0 Å². The molecule has 41 valence electrons. The molecular weight excluding hydrogens is 105 g/mol. The van der Waals surface area contributed by atoms with Crippen molar-refractivity contribution in [2.45, 2.75) is 0 Å². The summed E-state index contributed by atoms with van der Waals surface area (Å²) in [6.07, 6.45) is 0. The Morgan fingerprint density at radius 2 is 2.25 bits per heavy atom. The molecule has 1 radical (unpaired) electrons. The van der Waals surface area contributed by atoms with Crippen LogP contribution in [0.15, 0.2) is 18.2 Å². The molecule has 0 N–H and O–H groups in total. The molecule has 1 aromatic rings. The van der Waals surface area contributed by atoms with E-state index in [0.717, 1.165) is 0 Å². The minimum absolute atomic E-state index is 0.463. The predicted molar refractivity (Wildman–Crippen MR) is 28.7 cm³/mol. The largest absolute Gasteiger partial charge is 0.225 e. The van der Waals surface area contributed by atoms with Crippen molar-refractivity contribution in [3.63, 3.8) is 0 Å². The monoisotopic (exact) mass is 110 g/mol. The minimum atomic E-state index is -0.475. The summed E-state index contributed by atoms with van der Waals surface area (Å²) in [4.78, 5) is 3.40. The van der Waals surface area contributed by atoms with E-state index in [-0.39, 0.29) is 0 Å². The third-order valence-electron chi connectivity index (χ3n) is 0.773. The molecule has 0 aromatic carbocycles. The van der Waals surface area contributed by atoms with Gasteiger partial charge in [-0.25, -0.2) is 4.98 Å². The Bertz CT molecular complexity index is 168. The Morgan fingerprint density at radius 3 is 2.62 bits per heavy atom. The lowest BCUT2D eigenvalue weighted by atomic mass is 10.4. The molecular formula is C6H5FN. The lowest BCUT2D eigenvalue weighted by Crippen LogP contribution is -1.82. The van der Waals surface area contributed by atoms with Gasteiger partial charge < -0.3 is 0 Å². The second kappa shape index (κ2) is 1.90. The third-order valence-corrected chi connectivity index (χ3v) is 0.773. The number of rotatable bonds is 0. The Labute approximate surface area is 47.2 Å². The van der Waals surface area contributed by atoms with Crippen molar-refractivity contribution < 1.29 is 4.39 Å². The Morgan fingerprint density at radius 1 is 1.50 bits per heavy atom. The van der Waals surface area contributed by atoms with Gasteiger partial charge in [-0.2, -0.15) is 4.39 Å². The van der Waals surface area contributed by atoms with Crippen molar-refractivity contribution in [2.24, 2.45) is 0 Å². The number of halogens is 1. The summed E-state index contributed by atoms with van der Waals surface area (Å²) in [7, 11) is 0. The van der Waals surface area contributed by atoms with Gasteiger partial charge in [-0.05, 0) is 19.1 Å². The van der Waals surface area contributed by atoms with Crippen LogP contribution < -0.4 is 0 Å². The standard InChI is InChI=1S/C6H5FN/c1-5-3-2-4-6(7)8-5/h2-4H,1H2. The van der Waals surface area contributed by atoms with Crippen LogP contribution in [0.25, 0.3) is 0 Å². The molecule has 0 atom stereocenters. The van der Waals surface area contributed by atoms with E-state index in [9.17, 15) is 4.39 Å². The molecule has 1 rings (SSSR count). The summed E-state index contributed by atoms with van der Waals surface area (Å²) in [6.45, 7) is 3.43. The maximum Gasteiger partial charge on any atom is 0.213 e. The molecule has 8 heavy (non-hydrogen) atoms. The predicted octanol–water partition coefficient (Wildman–Crippen LogP) is 1.40. The van der Waals surface area contributed by atoms with E-state index in [2.05, 4.69) is 11.9 Å². The summed E-state index contributed by atoms with van der Waals surface area (Å²) >= 11 is 0. The first-order valence-corrected chi connectivity index (χ1v) is 2.23. The van der Waals surface area contributed by atoms with Gasteiger partial charge in [0.25, 0.3) is 0 Å². The SMILES string of the molecule is [CH2]c1cccc(F)n1. The van der Waals surface area contributed by atoms with E-state index in [1.165, 1.54) is 6.07 Å². The summed E-state index contributed by atoms with van der Waals surface area (Å²) in [5.41, 5.74) is 0.463. The molecule has 0 saturated carbocycles. The lowest BCUT2D eigenvalue weighted by molar-refractivity contribution is 0.582. The van der Waals surface area contributed by atoms with Crippen molar-refractivity contribution in [1.29, 1.82) is 0 Å². The van der Waals surface area contributed by atoms with Crippen molar-refractivity contribution in [1.82, 2.24) is 4.98 Å². The highest BCUT2D eigenvalue weighted by molar-refractivity contribution is 5.06. The number of hydrogen-bond acceptors (Lipinski definition) is 1. The zero-order valence-corrected chi connectivity index (χ0v) is 4.26. The molecule has 1 heterocycles. The van der Waals surface area contributed by atoms with Crippen LogP contribution in [0.5, 0.6) is 0 Å². The first-order chi connectivity index (χ1) is 3.79. The first-order valence-electron chi connectivity index (χ1n) is 2.23. The third kappa shape index (κ3) is 1.03. The van der Waals surface area contributed by atoms with Crippen LogP contribution >= 0.6 is 0 Å². The van der Waals surface area contributed by atoms with Crippen LogP contribution in [0.2, 0.25) is 0 Å². The van der Waals surface area contributed by atoms with Crippen LogP contribution in [-0.4, -0.2) is 4.98 Å². The fourth-order valence-corrected chi connectivity index (χ4v) is 0.450. The molecule has 1 aromatic heterocycles. The second-order valence-corrected chi connectivity index (χ2v) is 1.45. The Balaban J connectivity index is 3.08. The maximum absolute atomic E-state index is 12.0. The first kappa shape index (κ1) is 5.22. The summed E-state index contributed by atoms with van der Waals surface area (Å²) in [5.74, 6) is -0.475. The van der Waals surface area contributed by atoms with E-state index < -0.39 is 5.95 Å². The van der Waals surface area contributed by atoms with Crippen LogP contribution in [0.4, 0.5) is 4.39 Å². The topological polar surface area (TPSA) is 12.9 Å². The smallest absolute Gasteiger partial charge is 0.213 e. The maximum atomic E-state index is 12.0. The van der Waals surface area contributed by atoms with Crippen LogP contribution in [0.1, 0.15) is 5.69 Å². The fraction of sp³-hybridized carbons (Fsp3) is 0. The minimum Gasteiger partial charge on any atom is -0.225 e. The van der Waals surface area contributed by atoms with E-state index in [0.29, 0.717) is 5.69 Å². The Hall–Kier alpha value is -0.920. The number of pyridine rings is 1. The van der Waals surface area contributed by atoms with Gasteiger partial charge in [0.05, 0.1) is 0 Å². The van der Waals surface area contributed by atoms with Gasteiger partial charge in [-0.15, -0.1) is 0 Å². The Kier molecular flexibility index (Phi) is 1.24. The molecule has 0 saturated heterocycles. The van der Waals surface area contributed by atoms with Gasteiger partial charge in [0.2, 0.25) is 5.95 Å². The van der Waals surface area contributed by atoms with Gasteiger partial charge in [-0.1, -0.05) is 6.07 Å². The van der Waals surface area contributed by atoms with Crippen LogP contribution in [-0.2, 0) is 0 Å². The van der Waals surface area contributed by atoms with Crippen LogP contribution in [0, 0.1) is 12.9 Å². The summed E-state index contributed by atoms with van der Waals surface area (Å²) in [5, 5.41) is 0. The van der Waals surface area contributed by atoms with Crippen LogP contribution in [0.3, 0.4) is 0 Å². The normalized spacial score (nSPS) is 9.25. The van der Waals surface area contributed by atoms with E-state index in [1.807, 2.05) is 0 Å². The van der Waals surface area contributed by atoms with Crippen molar-refractivity contribution in [3.8, 4) is 0 Å². The molecule has 0 aliphatic carbocycles. The van der Waals surface area contributed by atoms with Gasteiger partial charge in [-0.3, -0.25) is 0 Å². The molecule has 0 spiro atoms. The number of hydrogen-bond donors (Lipinski definition) is 0. The quantitative estimate of drug-likeness (QED) is 0.460. The molecule has 0 aliphatic rings. The molecule has 2 heteroatoms. The van der Waals surface area contributed by atoms with Crippen molar-refractivity contribution >= 4 is 0 Å². The number of aromatic nitrogens is 1. The highest BCUT2D eigenvalue weighted by Gasteiger charge is 1.86. The van der Waals surface area contributed by atoms with Gasteiger partial charge >= 0.3 is 0 Å². The molecule has 1 nitrogen and oxygen atoms in total. The fourth-order valence-electron chi connectivity index (χ4n) is 0.450. The molecule has 0 aliphatic heterocycles. The van der Waals surface area contributed by atoms with Gasteiger partial charge in [0.15, 0.2) is 0 Å². The highest BCUT2D eigenvalue weighted by Crippen LogP contribution is 1.93. The highest BCUT2D eigenvalue weighted by atomic mass is 19.1. The molecule has 0 amide bonds. The summed E-state index contributed by atoms with van der Waals surface area (Å²) in [6, 6.07) is 4.50. The zero-order chi connectivity index (χ0) is 5.98. The van der Waals surface area contributed by atoms with Crippen molar-refractivity contribution in [2.75, 3.05) is 0 Å². The van der Waals surface area contributed by atoms with Gasteiger partial charge in [0, 0.05) is 5.69 Å². The van der Waals surface area contributed by atoms with E-state index in [4.69, 9.17) is 0 Å². The molecule has 0 unspecified atom stereocenters. The molecule has 0 fully saturated rings. The second-order valence-electron chi connectivity index (χ2n) is 1.45. The average molecular weight is 110 g/mol. The van der Waals surface area contributed by atoms with E-state index in [1.54, 1.807) is 12.1 Å². The average Bonchev–Trinajstić information content (AvgIpc) is 1.64. The molecule has 0 bridgehead atoms. The zero-order valence-electron chi connectivity index (χ0n) is 4.26.